The van der Waals surface area contributed by atoms with Gasteiger partial charge in [0, 0.05) is 6.08 Å². The van der Waals surface area contributed by atoms with E-state index in [1.165, 1.54) is 37.7 Å². The number of hydrogen-bond acceptors (Lipinski definition) is 2. The highest BCUT2D eigenvalue weighted by molar-refractivity contribution is 5.87. The minimum atomic E-state index is -4.41. The standard InChI is InChI=1S/C25H29F3O2/c1-30-24(29)18-16-22-19-23(25(26,27)28)17-15-21(22)14-10-5-3-2-4-7-11-20-12-8-6-9-13-20/h6,8-9,12-13,15-19H,2-5,7,10-11,14H2,1H3. The van der Waals surface area contributed by atoms with Gasteiger partial charge in [-0.2, -0.15) is 13.2 Å². The molecule has 0 amide bonds. The van der Waals surface area contributed by atoms with Crippen LogP contribution in [-0.2, 0) is 28.5 Å². The number of carbonyl (C=O) groups excluding carboxylic acids is 1. The van der Waals surface area contributed by atoms with Gasteiger partial charge in [-0.05, 0) is 60.6 Å². The molecule has 0 saturated heterocycles. The fourth-order valence-corrected chi connectivity index (χ4v) is 3.38. The minimum Gasteiger partial charge on any atom is -0.466 e. The molecule has 0 aromatic heterocycles. The molecule has 0 aliphatic carbocycles. The molecule has 30 heavy (non-hydrogen) atoms. The highest BCUT2D eigenvalue weighted by atomic mass is 19.4. The molecule has 0 fully saturated rings. The van der Waals surface area contributed by atoms with Gasteiger partial charge in [-0.15, -0.1) is 0 Å². The smallest absolute Gasteiger partial charge is 0.416 e. The molecule has 0 heterocycles. The van der Waals surface area contributed by atoms with Gasteiger partial charge in [0.1, 0.15) is 0 Å². The molecule has 0 aliphatic rings. The van der Waals surface area contributed by atoms with Crippen LogP contribution in [-0.4, -0.2) is 13.1 Å². The Morgan fingerprint density at radius 3 is 2.17 bits per heavy atom. The molecule has 0 aliphatic heterocycles. The van der Waals surface area contributed by atoms with Crippen molar-refractivity contribution in [2.24, 2.45) is 0 Å². The third kappa shape index (κ3) is 8.44. The van der Waals surface area contributed by atoms with Crippen LogP contribution < -0.4 is 0 Å². The lowest BCUT2D eigenvalue weighted by Crippen LogP contribution is -2.06. The first-order valence-electron chi connectivity index (χ1n) is 10.4. The van der Waals surface area contributed by atoms with Gasteiger partial charge in [-0.3, -0.25) is 0 Å². The first-order valence-corrected chi connectivity index (χ1v) is 10.4. The summed E-state index contributed by atoms with van der Waals surface area (Å²) in [5.74, 6) is -0.589. The molecule has 2 rings (SSSR count). The molecule has 0 N–H and O–H groups in total. The lowest BCUT2D eigenvalue weighted by molar-refractivity contribution is -0.137. The van der Waals surface area contributed by atoms with Crippen molar-refractivity contribution in [1.29, 1.82) is 0 Å². The largest absolute Gasteiger partial charge is 0.466 e. The zero-order valence-electron chi connectivity index (χ0n) is 17.4. The molecule has 0 unspecified atom stereocenters. The molecular formula is C25H29F3O2. The molecule has 0 atom stereocenters. The molecule has 0 saturated carbocycles. The molecule has 0 spiro atoms. The summed E-state index contributed by atoms with van der Waals surface area (Å²) in [6.07, 6.45) is 6.50. The highest BCUT2D eigenvalue weighted by Crippen LogP contribution is 2.31. The Hall–Kier alpha value is -2.56. The summed E-state index contributed by atoms with van der Waals surface area (Å²) in [6, 6.07) is 14.2. The van der Waals surface area contributed by atoms with Crippen LogP contribution in [0.25, 0.3) is 6.08 Å². The predicted molar refractivity (Wildman–Crippen MR) is 114 cm³/mol. The van der Waals surface area contributed by atoms with Gasteiger partial charge in [0.15, 0.2) is 0 Å². The number of methoxy groups -OCH3 is 1. The van der Waals surface area contributed by atoms with Crippen molar-refractivity contribution >= 4 is 12.0 Å². The van der Waals surface area contributed by atoms with Crippen LogP contribution in [0, 0.1) is 0 Å². The van der Waals surface area contributed by atoms with Crippen LogP contribution in [0.15, 0.2) is 54.6 Å². The van der Waals surface area contributed by atoms with E-state index in [1.54, 1.807) is 0 Å². The fourth-order valence-electron chi connectivity index (χ4n) is 3.38. The molecule has 2 aromatic rings. The summed E-state index contributed by atoms with van der Waals surface area (Å²) in [5, 5.41) is 0. The molecule has 5 heteroatoms. The van der Waals surface area contributed by atoms with E-state index >= 15 is 0 Å². The van der Waals surface area contributed by atoms with E-state index in [9.17, 15) is 18.0 Å². The normalized spacial score (nSPS) is 11.7. The van der Waals surface area contributed by atoms with E-state index in [1.807, 2.05) is 6.07 Å². The summed E-state index contributed by atoms with van der Waals surface area (Å²) >= 11 is 0. The number of aryl methyl sites for hydroxylation is 2. The molecule has 0 bridgehead atoms. The zero-order chi connectivity index (χ0) is 21.8. The number of carbonyl (C=O) groups is 1. The molecule has 162 valence electrons. The molecule has 2 nitrogen and oxygen atoms in total. The van der Waals surface area contributed by atoms with Crippen LogP contribution >= 0.6 is 0 Å². The lowest BCUT2D eigenvalue weighted by Gasteiger charge is -2.11. The number of hydrogen-bond donors (Lipinski definition) is 0. The number of alkyl halides is 3. The van der Waals surface area contributed by atoms with E-state index in [0.717, 1.165) is 55.9 Å². The van der Waals surface area contributed by atoms with Crippen molar-refractivity contribution in [3.05, 3.63) is 76.9 Å². The van der Waals surface area contributed by atoms with Crippen molar-refractivity contribution in [2.75, 3.05) is 7.11 Å². The van der Waals surface area contributed by atoms with E-state index in [0.29, 0.717) is 12.0 Å². The van der Waals surface area contributed by atoms with Crippen molar-refractivity contribution in [3.8, 4) is 0 Å². The van der Waals surface area contributed by atoms with Crippen molar-refractivity contribution in [1.82, 2.24) is 0 Å². The van der Waals surface area contributed by atoms with Gasteiger partial charge in [-0.1, -0.05) is 62.1 Å². The number of esters is 1. The van der Waals surface area contributed by atoms with Crippen molar-refractivity contribution in [3.63, 3.8) is 0 Å². The Kier molecular flexibility index (Phi) is 9.65. The Balaban J connectivity index is 1.79. The predicted octanol–water partition coefficient (Wildman–Crippen LogP) is 7.02. The molecule has 2 aromatic carbocycles. The summed E-state index contributed by atoms with van der Waals surface area (Å²) in [5.41, 5.74) is 1.88. The zero-order valence-corrected chi connectivity index (χ0v) is 17.4. The Morgan fingerprint density at radius 2 is 1.53 bits per heavy atom. The van der Waals surface area contributed by atoms with E-state index in [4.69, 9.17) is 0 Å². The Morgan fingerprint density at radius 1 is 0.900 bits per heavy atom. The van der Waals surface area contributed by atoms with Crippen molar-refractivity contribution in [2.45, 2.75) is 57.5 Å². The summed E-state index contributed by atoms with van der Waals surface area (Å²) in [7, 11) is 1.24. The SMILES string of the molecule is COC(=O)C=Cc1cc(C(F)(F)F)ccc1CCCCCCCCc1ccccc1. The maximum atomic E-state index is 13.0. The second kappa shape index (κ2) is 12.2. The van der Waals surface area contributed by atoms with Gasteiger partial charge in [0.2, 0.25) is 0 Å². The second-order valence-corrected chi connectivity index (χ2v) is 7.37. The van der Waals surface area contributed by atoms with Crippen LogP contribution in [0.1, 0.15) is 60.8 Å². The highest BCUT2D eigenvalue weighted by Gasteiger charge is 2.30. The van der Waals surface area contributed by atoms with E-state index in [2.05, 4.69) is 29.0 Å². The quantitative estimate of drug-likeness (QED) is 0.223. The van der Waals surface area contributed by atoms with Gasteiger partial charge in [0.25, 0.3) is 0 Å². The number of unbranched alkanes of at least 4 members (excludes halogenated alkanes) is 5. The number of rotatable bonds is 11. The average Bonchev–Trinajstić information content (AvgIpc) is 2.74. The van der Waals surface area contributed by atoms with Crippen LogP contribution in [0.2, 0.25) is 0 Å². The van der Waals surface area contributed by atoms with E-state index < -0.39 is 17.7 Å². The fraction of sp³-hybridized carbons (Fsp3) is 0.400. The summed E-state index contributed by atoms with van der Waals surface area (Å²) in [4.78, 5) is 11.3. The summed E-state index contributed by atoms with van der Waals surface area (Å²) < 4.78 is 43.6. The first-order chi connectivity index (χ1) is 14.4. The van der Waals surface area contributed by atoms with E-state index in [-0.39, 0.29) is 0 Å². The third-order valence-corrected chi connectivity index (χ3v) is 5.08. The van der Waals surface area contributed by atoms with Crippen LogP contribution in [0.4, 0.5) is 13.2 Å². The molecular weight excluding hydrogens is 389 g/mol. The Bertz CT molecular complexity index is 811. The van der Waals surface area contributed by atoms with Crippen LogP contribution in [0.5, 0.6) is 0 Å². The molecule has 0 radical (unpaired) electrons. The monoisotopic (exact) mass is 418 g/mol. The second-order valence-electron chi connectivity index (χ2n) is 7.37. The third-order valence-electron chi connectivity index (χ3n) is 5.08. The first kappa shape index (κ1) is 23.7. The number of ether oxygens (including phenoxy) is 1. The van der Waals surface area contributed by atoms with Gasteiger partial charge in [-0.25, -0.2) is 4.79 Å². The lowest BCUT2D eigenvalue weighted by atomic mass is 9.97. The topological polar surface area (TPSA) is 26.3 Å². The maximum absolute atomic E-state index is 13.0. The number of halogens is 3. The average molecular weight is 418 g/mol. The number of benzene rings is 2. The van der Waals surface area contributed by atoms with Crippen molar-refractivity contribution < 1.29 is 22.7 Å². The van der Waals surface area contributed by atoms with Crippen LogP contribution in [0.3, 0.4) is 0 Å². The van der Waals surface area contributed by atoms with Gasteiger partial charge < -0.3 is 4.74 Å². The minimum absolute atomic E-state index is 0.415. The van der Waals surface area contributed by atoms with Gasteiger partial charge in [0.05, 0.1) is 12.7 Å². The maximum Gasteiger partial charge on any atom is 0.416 e. The Labute approximate surface area is 176 Å². The van der Waals surface area contributed by atoms with Gasteiger partial charge >= 0.3 is 12.1 Å². The summed E-state index contributed by atoms with van der Waals surface area (Å²) in [6.45, 7) is 0.